The molecule has 0 saturated carbocycles. The lowest BCUT2D eigenvalue weighted by Crippen LogP contribution is -2.58. The van der Waals surface area contributed by atoms with Crippen molar-refractivity contribution in [2.45, 2.75) is 6.92 Å². The minimum Gasteiger partial charge on any atom is -0.462 e. The second kappa shape index (κ2) is 9.07. The van der Waals surface area contributed by atoms with E-state index >= 15 is 0 Å². The lowest BCUT2D eigenvalue weighted by molar-refractivity contribution is 0.101. The molecular weight excluding hydrogens is 356 g/mol. The minimum atomic E-state index is -3.64. The van der Waals surface area contributed by atoms with E-state index in [0.29, 0.717) is 17.2 Å². The van der Waals surface area contributed by atoms with Gasteiger partial charge in [-0.25, -0.2) is 0 Å². The Morgan fingerprint density at radius 2 is 1.00 bits per heavy atom. The van der Waals surface area contributed by atoms with Gasteiger partial charge in [-0.3, -0.25) is 0 Å². The van der Waals surface area contributed by atoms with Gasteiger partial charge in [-0.2, -0.15) is 0 Å². The maximum Gasteiger partial charge on any atom is 0.893 e. The molecule has 0 amide bonds. The maximum atomic E-state index is 6.19. The summed E-state index contributed by atoms with van der Waals surface area (Å²) in [5.74, 6) is 1.83. The molecule has 0 saturated heterocycles. The van der Waals surface area contributed by atoms with Gasteiger partial charge in [-0.05, 0) is 43.3 Å². The summed E-state index contributed by atoms with van der Waals surface area (Å²) in [7, 11) is -3.64. The van der Waals surface area contributed by atoms with Gasteiger partial charge in [-0.15, -0.1) is 0 Å². The monoisotopic (exact) mass is 378 g/mol. The summed E-state index contributed by atoms with van der Waals surface area (Å²) in [5, 5.41) is 0. The molecule has 0 N–H and O–H groups in total. The summed E-state index contributed by atoms with van der Waals surface area (Å²) in [6, 6.07) is 28.1. The number of para-hydroxylation sites is 3. The first-order valence-electron chi connectivity index (χ1n) is 8.66. The van der Waals surface area contributed by atoms with E-state index in [4.69, 9.17) is 17.7 Å². The van der Waals surface area contributed by atoms with Crippen molar-refractivity contribution < 1.29 is 17.7 Å². The fourth-order valence-electron chi connectivity index (χ4n) is 2.26. The van der Waals surface area contributed by atoms with Crippen molar-refractivity contribution in [3.05, 3.63) is 103 Å². The predicted octanol–water partition coefficient (Wildman–Crippen LogP) is 5.25. The summed E-state index contributed by atoms with van der Waals surface area (Å²) in [6.07, 6.45) is 0. The maximum absolute atomic E-state index is 6.19. The standard InChI is InChI=1S/C22H22O4Si/c1-19(2)18-23-27(24-20-12-6-3-7-13-20,25-21-14-8-4-9-15-21)26-22-16-10-5-11-17-22/h3-17H,1,18H2,2H3. The molecule has 0 aliphatic carbocycles. The van der Waals surface area contributed by atoms with Gasteiger partial charge >= 0.3 is 9.05 Å². The van der Waals surface area contributed by atoms with Gasteiger partial charge in [0.15, 0.2) is 0 Å². The Morgan fingerprint density at radius 1 is 0.667 bits per heavy atom. The molecule has 0 bridgehead atoms. The molecule has 0 aromatic heterocycles. The Hall–Kier alpha value is -3.02. The van der Waals surface area contributed by atoms with E-state index in [1.54, 1.807) is 0 Å². The Labute approximate surface area is 161 Å². The van der Waals surface area contributed by atoms with Gasteiger partial charge in [-0.1, -0.05) is 66.7 Å². The predicted molar refractivity (Wildman–Crippen MR) is 108 cm³/mol. The third kappa shape index (κ3) is 5.74. The van der Waals surface area contributed by atoms with Gasteiger partial charge in [0.1, 0.15) is 17.2 Å². The highest BCUT2D eigenvalue weighted by molar-refractivity contribution is 6.56. The van der Waals surface area contributed by atoms with E-state index in [-0.39, 0.29) is 6.61 Å². The third-order valence-electron chi connectivity index (χ3n) is 3.45. The van der Waals surface area contributed by atoms with Crippen LogP contribution in [0.25, 0.3) is 0 Å². The molecule has 5 heteroatoms. The summed E-state index contributed by atoms with van der Waals surface area (Å²) in [4.78, 5) is 0. The number of hydrogen-bond donors (Lipinski definition) is 0. The SMILES string of the molecule is C=C(C)CO[Si](Oc1ccccc1)(Oc1ccccc1)Oc1ccccc1. The second-order valence-electron chi connectivity index (χ2n) is 5.99. The fraction of sp³-hybridized carbons (Fsp3) is 0.0909. The average Bonchev–Trinajstić information content (AvgIpc) is 2.69. The normalized spacial score (nSPS) is 10.9. The lowest BCUT2D eigenvalue weighted by atomic mass is 10.3. The quantitative estimate of drug-likeness (QED) is 0.376. The first-order chi connectivity index (χ1) is 13.2. The van der Waals surface area contributed by atoms with E-state index < -0.39 is 9.05 Å². The van der Waals surface area contributed by atoms with Gasteiger partial charge in [0.2, 0.25) is 0 Å². The van der Waals surface area contributed by atoms with Crippen LogP contribution >= 0.6 is 0 Å². The van der Waals surface area contributed by atoms with E-state index in [1.165, 1.54) is 0 Å². The molecule has 0 aliphatic heterocycles. The molecule has 3 aromatic rings. The molecule has 0 unspecified atom stereocenters. The highest BCUT2D eigenvalue weighted by Gasteiger charge is 2.55. The smallest absolute Gasteiger partial charge is 0.462 e. The first-order valence-corrected chi connectivity index (χ1v) is 10.3. The highest BCUT2D eigenvalue weighted by atomic mass is 28.4. The summed E-state index contributed by atoms with van der Waals surface area (Å²) < 4.78 is 24.7. The Morgan fingerprint density at radius 3 is 1.30 bits per heavy atom. The Balaban J connectivity index is 1.96. The van der Waals surface area contributed by atoms with Crippen molar-refractivity contribution in [1.82, 2.24) is 0 Å². The number of benzene rings is 3. The molecule has 0 spiro atoms. The molecule has 138 valence electrons. The Bertz CT molecular complexity index is 737. The second-order valence-corrected chi connectivity index (χ2v) is 7.89. The van der Waals surface area contributed by atoms with Gasteiger partial charge < -0.3 is 17.7 Å². The van der Waals surface area contributed by atoms with Crippen molar-refractivity contribution >= 4 is 9.05 Å². The van der Waals surface area contributed by atoms with Crippen LogP contribution in [0.3, 0.4) is 0 Å². The number of rotatable bonds is 9. The summed E-state index contributed by atoms with van der Waals surface area (Å²) in [6.45, 7) is 6.05. The third-order valence-corrected chi connectivity index (χ3v) is 5.41. The zero-order valence-electron chi connectivity index (χ0n) is 15.2. The van der Waals surface area contributed by atoms with E-state index in [0.717, 1.165) is 5.57 Å². The number of hydrogen-bond acceptors (Lipinski definition) is 4. The van der Waals surface area contributed by atoms with Crippen LogP contribution in [0, 0.1) is 0 Å². The van der Waals surface area contributed by atoms with Crippen molar-refractivity contribution in [1.29, 1.82) is 0 Å². The van der Waals surface area contributed by atoms with Crippen LogP contribution in [0.5, 0.6) is 17.2 Å². The Kier molecular flexibility index (Phi) is 6.30. The fourth-order valence-corrected chi connectivity index (χ4v) is 4.26. The zero-order valence-corrected chi connectivity index (χ0v) is 16.2. The van der Waals surface area contributed by atoms with Crippen molar-refractivity contribution in [2.24, 2.45) is 0 Å². The molecule has 3 rings (SSSR count). The largest absolute Gasteiger partial charge is 0.893 e. The van der Waals surface area contributed by atoms with Crippen LogP contribution in [0.4, 0.5) is 0 Å². The van der Waals surface area contributed by atoms with E-state index in [2.05, 4.69) is 6.58 Å². The molecule has 0 heterocycles. The van der Waals surface area contributed by atoms with Crippen molar-refractivity contribution in [2.75, 3.05) is 6.61 Å². The zero-order chi connectivity index (χ0) is 19.0. The average molecular weight is 379 g/mol. The summed E-state index contributed by atoms with van der Waals surface area (Å²) >= 11 is 0. The molecule has 0 atom stereocenters. The molecule has 0 radical (unpaired) electrons. The molecule has 3 aromatic carbocycles. The first kappa shape index (κ1) is 18.8. The van der Waals surface area contributed by atoms with Gasteiger partial charge in [0, 0.05) is 0 Å². The van der Waals surface area contributed by atoms with Crippen LogP contribution in [0.2, 0.25) is 0 Å². The van der Waals surface area contributed by atoms with Gasteiger partial charge in [0.25, 0.3) is 0 Å². The van der Waals surface area contributed by atoms with E-state index in [9.17, 15) is 0 Å². The van der Waals surface area contributed by atoms with E-state index in [1.807, 2.05) is 97.9 Å². The topological polar surface area (TPSA) is 36.9 Å². The van der Waals surface area contributed by atoms with Crippen LogP contribution in [-0.2, 0) is 4.43 Å². The molecule has 4 nitrogen and oxygen atoms in total. The van der Waals surface area contributed by atoms with Gasteiger partial charge in [0.05, 0.1) is 6.61 Å². The van der Waals surface area contributed by atoms with Crippen LogP contribution in [0.1, 0.15) is 6.92 Å². The van der Waals surface area contributed by atoms with Crippen LogP contribution < -0.4 is 13.3 Å². The minimum absolute atomic E-state index is 0.263. The highest BCUT2D eigenvalue weighted by Crippen LogP contribution is 2.25. The van der Waals surface area contributed by atoms with Crippen molar-refractivity contribution in [3.63, 3.8) is 0 Å². The van der Waals surface area contributed by atoms with Crippen LogP contribution in [-0.4, -0.2) is 15.7 Å². The molecular formula is C22H22O4Si. The molecule has 0 aliphatic rings. The summed E-state index contributed by atoms with van der Waals surface area (Å²) in [5.41, 5.74) is 0.844. The lowest BCUT2D eigenvalue weighted by Gasteiger charge is -2.28. The van der Waals surface area contributed by atoms with Crippen LogP contribution in [0.15, 0.2) is 103 Å². The molecule has 0 fully saturated rings. The molecule has 27 heavy (non-hydrogen) atoms. The van der Waals surface area contributed by atoms with Crippen molar-refractivity contribution in [3.8, 4) is 17.2 Å².